The number of hydrogen-bond donors (Lipinski definition) is 2. The fourth-order valence-electron chi connectivity index (χ4n) is 4.53. The van der Waals surface area contributed by atoms with Crippen LogP contribution in [0.25, 0.3) is 0 Å². The molecule has 2 bridgehead atoms. The molecular formula is C21H27NO4. The molecule has 3 unspecified atom stereocenters. The number of hydrogen-bond acceptors (Lipinski definition) is 4. The van der Waals surface area contributed by atoms with Gasteiger partial charge in [-0.1, -0.05) is 31.4 Å². The van der Waals surface area contributed by atoms with Gasteiger partial charge in [0.15, 0.2) is 0 Å². The van der Waals surface area contributed by atoms with E-state index in [1.54, 1.807) is 12.1 Å². The maximum Gasteiger partial charge on any atom is 0.335 e. The molecule has 0 aromatic heterocycles. The van der Waals surface area contributed by atoms with E-state index >= 15 is 0 Å². The summed E-state index contributed by atoms with van der Waals surface area (Å²) in [5.74, 6) is -0.545. The van der Waals surface area contributed by atoms with Crippen LogP contribution in [0.5, 0.6) is 0 Å². The highest BCUT2D eigenvalue weighted by atomic mass is 16.7. The van der Waals surface area contributed by atoms with Gasteiger partial charge in [0.25, 0.3) is 0 Å². The topological polar surface area (TPSA) is 67.8 Å². The molecule has 1 saturated carbocycles. The van der Waals surface area contributed by atoms with Gasteiger partial charge < -0.3 is 9.84 Å². The largest absolute Gasteiger partial charge is 0.478 e. The smallest absolute Gasteiger partial charge is 0.335 e. The lowest BCUT2D eigenvalue weighted by Crippen LogP contribution is -2.26. The number of benzene rings is 1. The highest BCUT2D eigenvalue weighted by Crippen LogP contribution is 2.44. The van der Waals surface area contributed by atoms with Gasteiger partial charge in [0, 0.05) is 12.1 Å². The van der Waals surface area contributed by atoms with E-state index in [0.29, 0.717) is 17.6 Å². The van der Waals surface area contributed by atoms with Crippen LogP contribution in [0.4, 0.5) is 0 Å². The average molecular weight is 357 g/mol. The van der Waals surface area contributed by atoms with Crippen LogP contribution in [0.3, 0.4) is 0 Å². The first-order chi connectivity index (χ1) is 12.7. The van der Waals surface area contributed by atoms with Crippen LogP contribution in [0.2, 0.25) is 0 Å². The quantitative estimate of drug-likeness (QED) is 0.757. The molecule has 3 atom stereocenters. The highest BCUT2D eigenvalue weighted by Gasteiger charge is 2.44. The molecule has 3 aliphatic rings. The fourth-order valence-corrected chi connectivity index (χ4v) is 4.53. The van der Waals surface area contributed by atoms with Crippen LogP contribution < -0.4 is 5.48 Å². The molecule has 140 valence electrons. The first kappa shape index (κ1) is 17.6. The van der Waals surface area contributed by atoms with Crippen LogP contribution in [0.1, 0.15) is 60.9 Å². The van der Waals surface area contributed by atoms with E-state index in [0.717, 1.165) is 37.7 Å². The van der Waals surface area contributed by atoms with Gasteiger partial charge in [-0.25, -0.2) is 4.79 Å². The Morgan fingerprint density at radius 3 is 2.65 bits per heavy atom. The van der Waals surface area contributed by atoms with Crippen molar-refractivity contribution in [3.8, 4) is 0 Å². The molecular weight excluding hydrogens is 330 g/mol. The molecule has 1 aliphatic carbocycles. The van der Waals surface area contributed by atoms with E-state index in [1.165, 1.54) is 24.8 Å². The first-order valence-electron chi connectivity index (χ1n) is 9.79. The Balaban J connectivity index is 1.40. The van der Waals surface area contributed by atoms with Crippen LogP contribution in [0, 0.1) is 5.92 Å². The number of carboxylic acids is 1. The lowest BCUT2D eigenvalue weighted by Gasteiger charge is -2.24. The third-order valence-electron chi connectivity index (χ3n) is 5.97. The molecule has 2 N–H and O–H groups in total. The Hall–Kier alpha value is -1.85. The summed E-state index contributed by atoms with van der Waals surface area (Å²) < 4.78 is 6.12. The molecule has 3 fully saturated rings. The summed E-state index contributed by atoms with van der Waals surface area (Å²) in [6.45, 7) is 0. The summed E-state index contributed by atoms with van der Waals surface area (Å²) in [6, 6.07) is 7.19. The lowest BCUT2D eigenvalue weighted by molar-refractivity contribution is -0.0213. The third kappa shape index (κ3) is 3.79. The normalized spacial score (nSPS) is 30.0. The van der Waals surface area contributed by atoms with E-state index in [-0.39, 0.29) is 12.2 Å². The lowest BCUT2D eigenvalue weighted by atomic mass is 9.81. The first-order valence-corrected chi connectivity index (χ1v) is 9.79. The minimum absolute atomic E-state index is 0.200. The summed E-state index contributed by atoms with van der Waals surface area (Å²) in [5.41, 5.74) is 5.87. The Kier molecular flexibility index (Phi) is 5.27. The zero-order chi connectivity index (χ0) is 17.9. The molecule has 2 aliphatic heterocycles. The van der Waals surface area contributed by atoms with E-state index in [4.69, 9.17) is 14.7 Å². The number of carboxylic acid groups (broad SMARTS) is 1. The molecule has 2 heterocycles. The van der Waals surface area contributed by atoms with Gasteiger partial charge in [-0.3, -0.25) is 10.3 Å². The van der Waals surface area contributed by atoms with Gasteiger partial charge in [-0.15, -0.1) is 0 Å². The maximum absolute atomic E-state index is 11.0. The molecule has 0 radical (unpaired) electrons. The Labute approximate surface area is 154 Å². The van der Waals surface area contributed by atoms with Gasteiger partial charge in [0.2, 0.25) is 0 Å². The number of ether oxygens (including phenoxy) is 1. The number of hydroxylamine groups is 1. The molecule has 2 saturated heterocycles. The second-order valence-corrected chi connectivity index (χ2v) is 7.69. The van der Waals surface area contributed by atoms with Crippen molar-refractivity contribution >= 4 is 5.97 Å². The van der Waals surface area contributed by atoms with Crippen LogP contribution in [-0.2, 0) is 16.0 Å². The van der Waals surface area contributed by atoms with Crippen molar-refractivity contribution in [1.82, 2.24) is 5.48 Å². The number of rotatable bonds is 6. The Morgan fingerprint density at radius 2 is 1.92 bits per heavy atom. The molecule has 26 heavy (non-hydrogen) atoms. The molecule has 4 rings (SSSR count). The molecule has 0 amide bonds. The summed E-state index contributed by atoms with van der Waals surface area (Å²) in [5, 5.41) is 9.04. The van der Waals surface area contributed by atoms with Crippen molar-refractivity contribution in [3.05, 3.63) is 47.2 Å². The van der Waals surface area contributed by atoms with E-state index in [1.807, 2.05) is 18.3 Å². The van der Waals surface area contributed by atoms with E-state index in [2.05, 4.69) is 5.48 Å². The predicted molar refractivity (Wildman–Crippen MR) is 97.7 cm³/mol. The van der Waals surface area contributed by atoms with Gasteiger partial charge in [-0.2, -0.15) is 0 Å². The SMILES string of the molecule is O=C(O)c1ccc(CC2C(=CNOC3CCCCC3)C3CCC2O3)cc1. The predicted octanol–water partition coefficient (Wildman–Crippen LogP) is 3.84. The summed E-state index contributed by atoms with van der Waals surface area (Å²) in [4.78, 5) is 16.9. The zero-order valence-corrected chi connectivity index (χ0v) is 15.0. The number of fused-ring (bicyclic) bond motifs is 2. The summed E-state index contributed by atoms with van der Waals surface area (Å²) in [6.07, 6.45) is 12.0. The molecule has 0 spiro atoms. The Morgan fingerprint density at radius 1 is 1.15 bits per heavy atom. The van der Waals surface area contributed by atoms with Crippen LogP contribution in [-0.4, -0.2) is 29.4 Å². The number of nitrogens with one attached hydrogen (secondary N) is 1. The zero-order valence-electron chi connectivity index (χ0n) is 15.0. The minimum atomic E-state index is -0.885. The highest BCUT2D eigenvalue weighted by molar-refractivity contribution is 5.87. The third-order valence-corrected chi connectivity index (χ3v) is 5.97. The second-order valence-electron chi connectivity index (χ2n) is 7.69. The van der Waals surface area contributed by atoms with Gasteiger partial charge in [0.1, 0.15) is 0 Å². The monoisotopic (exact) mass is 357 g/mol. The summed E-state index contributed by atoms with van der Waals surface area (Å²) in [7, 11) is 0. The molecule has 1 aromatic carbocycles. The van der Waals surface area contributed by atoms with Gasteiger partial charge in [-0.05, 0) is 55.4 Å². The van der Waals surface area contributed by atoms with Crippen molar-refractivity contribution in [2.24, 2.45) is 5.92 Å². The molecule has 5 heteroatoms. The van der Waals surface area contributed by atoms with Crippen LogP contribution in [0.15, 0.2) is 36.0 Å². The summed E-state index contributed by atoms with van der Waals surface area (Å²) >= 11 is 0. The van der Waals surface area contributed by atoms with Crippen LogP contribution >= 0.6 is 0 Å². The Bertz CT molecular complexity index is 663. The van der Waals surface area contributed by atoms with E-state index in [9.17, 15) is 4.79 Å². The van der Waals surface area contributed by atoms with E-state index < -0.39 is 5.97 Å². The van der Waals surface area contributed by atoms with Gasteiger partial charge in [0.05, 0.1) is 23.9 Å². The average Bonchev–Trinajstić information content (AvgIpc) is 3.26. The van der Waals surface area contributed by atoms with Gasteiger partial charge >= 0.3 is 5.97 Å². The number of carbonyl (C=O) groups is 1. The maximum atomic E-state index is 11.0. The number of aromatic carboxylic acids is 1. The van der Waals surface area contributed by atoms with Crippen molar-refractivity contribution in [2.45, 2.75) is 69.7 Å². The minimum Gasteiger partial charge on any atom is -0.478 e. The van der Waals surface area contributed by atoms with Crippen molar-refractivity contribution in [2.75, 3.05) is 0 Å². The van der Waals surface area contributed by atoms with Crippen molar-refractivity contribution in [3.63, 3.8) is 0 Å². The second kappa shape index (κ2) is 7.80. The molecule has 5 nitrogen and oxygen atoms in total. The van der Waals surface area contributed by atoms with Crippen molar-refractivity contribution in [1.29, 1.82) is 0 Å². The molecule has 1 aromatic rings. The standard InChI is InChI=1S/C21H27NO4/c23-21(24)15-8-6-14(7-9-15)12-17-18(20-11-10-19(17)25-20)13-22-26-16-4-2-1-3-5-16/h6-9,13,16-17,19-20,22H,1-5,10-12H2,(H,23,24). The van der Waals surface area contributed by atoms with Crippen molar-refractivity contribution < 1.29 is 19.5 Å². The fraction of sp³-hybridized carbons (Fsp3) is 0.571.